The molecule has 14 heavy (non-hydrogen) atoms. The lowest BCUT2D eigenvalue weighted by Crippen LogP contribution is -2.02. The van der Waals surface area contributed by atoms with Crippen molar-refractivity contribution < 1.29 is 9.47 Å². The van der Waals surface area contributed by atoms with Crippen LogP contribution in [0.1, 0.15) is 23.9 Å². The molecule has 3 nitrogen and oxygen atoms in total. The Hall–Kier alpha value is -0.930. The van der Waals surface area contributed by atoms with Gasteiger partial charge in [0.25, 0.3) is 0 Å². The molecule has 0 atom stereocenters. The van der Waals surface area contributed by atoms with E-state index >= 15 is 0 Å². The average molecular weight is 195 g/mol. The van der Waals surface area contributed by atoms with Gasteiger partial charge >= 0.3 is 0 Å². The zero-order valence-corrected chi connectivity index (χ0v) is 9.04. The summed E-state index contributed by atoms with van der Waals surface area (Å²) in [6.45, 7) is 3.29. The summed E-state index contributed by atoms with van der Waals surface area (Å²) >= 11 is 0. The van der Waals surface area contributed by atoms with Gasteiger partial charge in [0.15, 0.2) is 0 Å². The van der Waals surface area contributed by atoms with Gasteiger partial charge in [0.1, 0.15) is 0 Å². The van der Waals surface area contributed by atoms with E-state index in [1.54, 1.807) is 14.2 Å². The standard InChI is InChI=1S/C11H17NO2/c1-4-11-9(7-13-2)5-6-10(12-11)8-14-3/h5-6H,4,7-8H2,1-3H3. The minimum Gasteiger partial charge on any atom is -0.380 e. The molecule has 0 bridgehead atoms. The van der Waals surface area contributed by atoms with Crippen LogP contribution in [0.2, 0.25) is 0 Å². The van der Waals surface area contributed by atoms with Crippen LogP contribution < -0.4 is 0 Å². The summed E-state index contributed by atoms with van der Waals surface area (Å²) in [5.74, 6) is 0. The summed E-state index contributed by atoms with van der Waals surface area (Å²) in [5, 5.41) is 0. The summed E-state index contributed by atoms with van der Waals surface area (Å²) < 4.78 is 10.1. The number of pyridine rings is 1. The first-order valence-corrected chi connectivity index (χ1v) is 4.77. The Bertz CT molecular complexity index is 287. The second kappa shape index (κ2) is 5.73. The van der Waals surface area contributed by atoms with E-state index in [2.05, 4.69) is 18.0 Å². The number of ether oxygens (including phenoxy) is 2. The minimum atomic E-state index is 0.570. The highest BCUT2D eigenvalue weighted by Gasteiger charge is 2.03. The maximum Gasteiger partial charge on any atom is 0.0884 e. The smallest absolute Gasteiger partial charge is 0.0884 e. The molecular formula is C11H17NO2. The van der Waals surface area contributed by atoms with Gasteiger partial charge in [-0.25, -0.2) is 0 Å². The Balaban J connectivity index is 2.87. The van der Waals surface area contributed by atoms with Gasteiger partial charge in [-0.2, -0.15) is 0 Å². The van der Waals surface area contributed by atoms with Crippen molar-refractivity contribution in [3.63, 3.8) is 0 Å². The highest BCUT2D eigenvalue weighted by Crippen LogP contribution is 2.10. The zero-order chi connectivity index (χ0) is 10.4. The van der Waals surface area contributed by atoms with Gasteiger partial charge in [-0.15, -0.1) is 0 Å². The molecule has 0 saturated heterocycles. The molecule has 3 heteroatoms. The molecule has 0 radical (unpaired) electrons. The van der Waals surface area contributed by atoms with E-state index in [0.717, 1.165) is 23.4 Å². The first kappa shape index (κ1) is 11.1. The Morgan fingerprint density at radius 3 is 2.43 bits per heavy atom. The maximum absolute atomic E-state index is 5.10. The van der Waals surface area contributed by atoms with Crippen molar-refractivity contribution in [2.75, 3.05) is 14.2 Å². The molecule has 0 saturated carbocycles. The van der Waals surface area contributed by atoms with Crippen molar-refractivity contribution in [3.05, 3.63) is 29.1 Å². The number of nitrogens with zero attached hydrogens (tertiary/aromatic N) is 1. The number of aryl methyl sites for hydroxylation is 1. The van der Waals surface area contributed by atoms with E-state index in [4.69, 9.17) is 9.47 Å². The van der Waals surface area contributed by atoms with Crippen molar-refractivity contribution >= 4 is 0 Å². The lowest BCUT2D eigenvalue weighted by atomic mass is 10.1. The molecule has 0 N–H and O–H groups in total. The van der Waals surface area contributed by atoms with Crippen LogP contribution in [0.5, 0.6) is 0 Å². The Kier molecular flexibility index (Phi) is 4.56. The molecule has 1 aromatic rings. The first-order chi connectivity index (χ1) is 6.81. The number of hydrogen-bond acceptors (Lipinski definition) is 3. The van der Waals surface area contributed by atoms with Gasteiger partial charge in [0.05, 0.1) is 18.9 Å². The molecule has 1 aromatic heterocycles. The number of hydrogen-bond donors (Lipinski definition) is 0. The fourth-order valence-corrected chi connectivity index (χ4v) is 1.40. The number of aromatic nitrogens is 1. The van der Waals surface area contributed by atoms with Crippen LogP contribution in [-0.4, -0.2) is 19.2 Å². The average Bonchev–Trinajstić information content (AvgIpc) is 2.21. The van der Waals surface area contributed by atoms with Crippen molar-refractivity contribution in [2.45, 2.75) is 26.6 Å². The Morgan fingerprint density at radius 1 is 1.14 bits per heavy atom. The molecule has 1 rings (SSSR count). The van der Waals surface area contributed by atoms with E-state index in [1.807, 2.05) is 6.07 Å². The summed E-state index contributed by atoms with van der Waals surface area (Å²) in [6.07, 6.45) is 0.927. The predicted octanol–water partition coefficient (Wildman–Crippen LogP) is 1.94. The highest BCUT2D eigenvalue weighted by molar-refractivity contribution is 5.22. The van der Waals surface area contributed by atoms with E-state index < -0.39 is 0 Å². The van der Waals surface area contributed by atoms with Gasteiger partial charge in [-0.05, 0) is 18.1 Å². The summed E-state index contributed by atoms with van der Waals surface area (Å²) in [6, 6.07) is 4.04. The molecule has 0 aromatic carbocycles. The third-order valence-corrected chi connectivity index (χ3v) is 2.05. The molecule has 0 aliphatic rings. The van der Waals surface area contributed by atoms with Crippen LogP contribution in [0.25, 0.3) is 0 Å². The van der Waals surface area contributed by atoms with Crippen LogP contribution in [0.4, 0.5) is 0 Å². The molecule has 1 heterocycles. The fraction of sp³-hybridized carbons (Fsp3) is 0.545. The lowest BCUT2D eigenvalue weighted by molar-refractivity contribution is 0.178. The molecular weight excluding hydrogens is 178 g/mol. The first-order valence-electron chi connectivity index (χ1n) is 4.77. The molecule has 0 unspecified atom stereocenters. The molecule has 0 spiro atoms. The monoisotopic (exact) mass is 195 g/mol. The van der Waals surface area contributed by atoms with Crippen LogP contribution in [0, 0.1) is 0 Å². The molecule has 78 valence electrons. The van der Waals surface area contributed by atoms with E-state index in [1.165, 1.54) is 0 Å². The largest absolute Gasteiger partial charge is 0.380 e. The van der Waals surface area contributed by atoms with Gasteiger partial charge in [-0.3, -0.25) is 4.98 Å². The Labute approximate surface area is 85.1 Å². The van der Waals surface area contributed by atoms with Gasteiger partial charge < -0.3 is 9.47 Å². The summed E-state index contributed by atoms with van der Waals surface area (Å²) in [5.41, 5.74) is 3.24. The SMILES string of the molecule is CCc1nc(COC)ccc1COC. The lowest BCUT2D eigenvalue weighted by Gasteiger charge is -2.08. The predicted molar refractivity (Wildman–Crippen MR) is 55.0 cm³/mol. The minimum absolute atomic E-state index is 0.570. The van der Waals surface area contributed by atoms with Crippen molar-refractivity contribution in [1.82, 2.24) is 4.98 Å². The van der Waals surface area contributed by atoms with Crippen LogP contribution >= 0.6 is 0 Å². The van der Waals surface area contributed by atoms with Crippen LogP contribution in [0.15, 0.2) is 12.1 Å². The second-order valence-corrected chi connectivity index (χ2v) is 3.13. The van der Waals surface area contributed by atoms with Crippen LogP contribution in [0.3, 0.4) is 0 Å². The molecule has 0 fully saturated rings. The van der Waals surface area contributed by atoms with E-state index in [-0.39, 0.29) is 0 Å². The fourth-order valence-electron chi connectivity index (χ4n) is 1.40. The highest BCUT2D eigenvalue weighted by atomic mass is 16.5. The van der Waals surface area contributed by atoms with Crippen molar-refractivity contribution in [3.8, 4) is 0 Å². The van der Waals surface area contributed by atoms with E-state index in [0.29, 0.717) is 13.2 Å². The van der Waals surface area contributed by atoms with Crippen molar-refractivity contribution in [2.24, 2.45) is 0 Å². The van der Waals surface area contributed by atoms with Crippen molar-refractivity contribution in [1.29, 1.82) is 0 Å². The molecule has 0 amide bonds. The van der Waals surface area contributed by atoms with Gasteiger partial charge in [-0.1, -0.05) is 13.0 Å². The molecule has 0 aliphatic carbocycles. The molecule has 0 aliphatic heterocycles. The topological polar surface area (TPSA) is 31.4 Å². The van der Waals surface area contributed by atoms with Gasteiger partial charge in [0, 0.05) is 19.9 Å². The van der Waals surface area contributed by atoms with Gasteiger partial charge in [0.2, 0.25) is 0 Å². The quantitative estimate of drug-likeness (QED) is 0.719. The summed E-state index contributed by atoms with van der Waals surface area (Å²) in [7, 11) is 3.37. The third-order valence-electron chi connectivity index (χ3n) is 2.05. The number of methoxy groups -OCH3 is 2. The third kappa shape index (κ3) is 2.79. The van der Waals surface area contributed by atoms with Crippen LogP contribution in [-0.2, 0) is 29.1 Å². The number of rotatable bonds is 5. The Morgan fingerprint density at radius 2 is 1.86 bits per heavy atom. The zero-order valence-electron chi connectivity index (χ0n) is 9.04. The summed E-state index contributed by atoms with van der Waals surface area (Å²) in [4.78, 5) is 4.49. The second-order valence-electron chi connectivity index (χ2n) is 3.13. The normalized spacial score (nSPS) is 10.5. The maximum atomic E-state index is 5.10. The van der Waals surface area contributed by atoms with E-state index in [9.17, 15) is 0 Å².